The number of aldehydes is 1. The molecule has 0 bridgehead atoms. The number of hydrogen-bond acceptors (Lipinski definition) is 12. The molecule has 0 spiro atoms. The number of amides is 1. The number of fused-ring (bicyclic) bond motifs is 2. The second-order valence-corrected chi connectivity index (χ2v) is 19.7. The maximum atomic E-state index is 12.4. The largest absolute Gasteiger partial charge is 0.468 e. The number of alkyl carbamates (subject to hydrolysis) is 1. The SMILES string of the molecule is CC(C)(C)OC(=O)CC1CCC(CCN2CCc3ccc(OCC(F)(F)F)nc3CC2)CC1.CC(C)(C)OC(=O)N[C@H]1CC[C@H](CC=O)OC1.FC(F)(F)COc1ccc2c(n1)CCNCC2. The van der Waals surface area contributed by atoms with E-state index in [1.165, 1.54) is 12.1 Å². The minimum absolute atomic E-state index is 0.00388. The third-order valence-electron chi connectivity index (χ3n) is 11.5. The molecule has 2 N–H and O–H groups in total. The van der Waals surface area contributed by atoms with Crippen molar-refractivity contribution < 1.29 is 64.4 Å². The molecule has 378 valence electrons. The summed E-state index contributed by atoms with van der Waals surface area (Å²) in [5.41, 5.74) is 2.94. The fourth-order valence-electron chi connectivity index (χ4n) is 8.21. The summed E-state index contributed by atoms with van der Waals surface area (Å²) in [4.78, 5) is 44.8. The van der Waals surface area contributed by atoms with Gasteiger partial charge in [0, 0.05) is 68.8 Å². The van der Waals surface area contributed by atoms with Crippen LogP contribution in [0.2, 0.25) is 0 Å². The van der Waals surface area contributed by atoms with Crippen LogP contribution in [-0.2, 0) is 49.5 Å². The van der Waals surface area contributed by atoms with E-state index < -0.39 is 42.9 Å². The Morgan fingerprint density at radius 1 is 0.746 bits per heavy atom. The first-order valence-corrected chi connectivity index (χ1v) is 23.5. The van der Waals surface area contributed by atoms with Gasteiger partial charge in [0.1, 0.15) is 17.5 Å². The van der Waals surface area contributed by atoms with Crippen molar-refractivity contribution in [3.63, 3.8) is 0 Å². The molecule has 3 aliphatic heterocycles. The molecule has 2 fully saturated rings. The lowest BCUT2D eigenvalue weighted by Crippen LogP contribution is -2.44. The van der Waals surface area contributed by atoms with Gasteiger partial charge in [-0.3, -0.25) is 4.79 Å². The van der Waals surface area contributed by atoms with E-state index in [-0.39, 0.29) is 29.9 Å². The van der Waals surface area contributed by atoms with Crippen molar-refractivity contribution in [1.82, 2.24) is 25.5 Å². The average Bonchev–Trinajstić information content (AvgIpc) is 3.59. The number of pyridine rings is 2. The van der Waals surface area contributed by atoms with E-state index in [1.54, 1.807) is 6.07 Å². The smallest absolute Gasteiger partial charge is 0.422 e. The lowest BCUT2D eigenvalue weighted by atomic mass is 9.79. The summed E-state index contributed by atoms with van der Waals surface area (Å²) < 4.78 is 98.6. The predicted molar refractivity (Wildman–Crippen MR) is 239 cm³/mol. The molecule has 1 saturated carbocycles. The van der Waals surface area contributed by atoms with Crippen molar-refractivity contribution in [2.24, 2.45) is 11.8 Å². The highest BCUT2D eigenvalue weighted by atomic mass is 19.4. The summed E-state index contributed by atoms with van der Waals surface area (Å²) in [5.74, 6) is 1.12. The van der Waals surface area contributed by atoms with Crippen LogP contribution in [0.4, 0.5) is 31.1 Å². The monoisotopic (exact) mass is 960 g/mol. The first kappa shape index (κ1) is 55.4. The maximum absolute atomic E-state index is 12.4. The van der Waals surface area contributed by atoms with Gasteiger partial charge in [0.25, 0.3) is 0 Å². The number of nitrogens with zero attached hydrogens (tertiary/aromatic N) is 3. The van der Waals surface area contributed by atoms with Gasteiger partial charge in [-0.05, 0) is 123 Å². The Balaban J connectivity index is 0.000000242. The van der Waals surface area contributed by atoms with Gasteiger partial charge >= 0.3 is 24.4 Å². The summed E-state index contributed by atoms with van der Waals surface area (Å²) in [7, 11) is 0. The molecule has 4 aliphatic rings. The Hall–Kier alpha value is -4.23. The molecular formula is C48H71F6N5O8. The lowest BCUT2D eigenvalue weighted by molar-refractivity contribution is -0.156. The standard InChI is InChI=1S/C25H37F3N2O3.C12H21NO4.C11H13F3N2O/c1-24(2,3)33-23(31)16-19-6-4-18(5-7-19)10-13-30-14-11-20-8-9-22(29-21(20)12-15-30)32-17-25(26,27)28;1-12(2,3)17-11(15)13-9-4-5-10(6-7-14)16-8-9;12-11(13,14)7-17-10-2-1-8-3-5-15-6-4-9(8)16-10/h8-9,18-19H,4-7,10-17H2,1-3H3;7,9-10H,4-6,8H2,1-3H3,(H,13,15);1-2,15H,3-7H2/t;9-,10+;/m.0./s1. The zero-order valence-corrected chi connectivity index (χ0v) is 39.9. The molecule has 0 radical (unpaired) electrons. The highest BCUT2D eigenvalue weighted by Gasteiger charge is 2.31. The van der Waals surface area contributed by atoms with E-state index in [0.717, 1.165) is 132 Å². The summed E-state index contributed by atoms with van der Waals surface area (Å²) in [6.07, 6.45) is 3.10. The fraction of sp³-hybridized carbons (Fsp3) is 0.729. The Labute approximate surface area is 391 Å². The van der Waals surface area contributed by atoms with Crippen LogP contribution in [0, 0.1) is 11.8 Å². The topological polar surface area (TPSA) is 150 Å². The number of carbonyl (C=O) groups excluding carboxylic acids is 3. The first-order chi connectivity index (χ1) is 31.4. The molecule has 6 rings (SSSR count). The Kier molecular flexibility index (Phi) is 21.4. The Morgan fingerprint density at radius 3 is 1.85 bits per heavy atom. The maximum Gasteiger partial charge on any atom is 0.422 e. The van der Waals surface area contributed by atoms with Crippen molar-refractivity contribution in [1.29, 1.82) is 0 Å². The van der Waals surface area contributed by atoms with Crippen LogP contribution in [-0.4, -0.2) is 121 Å². The number of nitrogens with one attached hydrogen (secondary N) is 2. The molecule has 1 saturated heterocycles. The van der Waals surface area contributed by atoms with Gasteiger partial charge in [0.2, 0.25) is 11.8 Å². The van der Waals surface area contributed by atoms with Gasteiger partial charge in [-0.1, -0.05) is 25.0 Å². The van der Waals surface area contributed by atoms with E-state index in [4.69, 9.17) is 18.9 Å². The highest BCUT2D eigenvalue weighted by molar-refractivity contribution is 5.70. The van der Waals surface area contributed by atoms with E-state index in [2.05, 4.69) is 30.2 Å². The van der Waals surface area contributed by atoms with Crippen molar-refractivity contribution in [2.75, 3.05) is 52.5 Å². The van der Waals surface area contributed by atoms with E-state index in [9.17, 15) is 40.7 Å². The fourth-order valence-corrected chi connectivity index (χ4v) is 8.21. The number of alkyl halides is 6. The van der Waals surface area contributed by atoms with E-state index in [0.29, 0.717) is 31.3 Å². The van der Waals surface area contributed by atoms with E-state index in [1.807, 2.05) is 47.6 Å². The quantitative estimate of drug-likeness (QED) is 0.119. The van der Waals surface area contributed by atoms with Gasteiger partial charge in [-0.25, -0.2) is 14.8 Å². The first-order valence-electron chi connectivity index (χ1n) is 23.5. The molecule has 5 heterocycles. The van der Waals surface area contributed by atoms with Crippen LogP contribution in [0.5, 0.6) is 11.8 Å². The van der Waals surface area contributed by atoms with Crippen molar-refractivity contribution in [3.8, 4) is 11.8 Å². The molecule has 13 nitrogen and oxygen atoms in total. The molecular weight excluding hydrogens is 889 g/mol. The number of ether oxygens (including phenoxy) is 5. The predicted octanol–water partition coefficient (Wildman–Crippen LogP) is 8.71. The summed E-state index contributed by atoms with van der Waals surface area (Å²) >= 11 is 0. The zero-order chi connectivity index (χ0) is 49.3. The molecule has 19 heteroatoms. The minimum Gasteiger partial charge on any atom is -0.468 e. The molecule has 1 amide bonds. The van der Waals surface area contributed by atoms with Gasteiger partial charge in [0.15, 0.2) is 13.2 Å². The number of esters is 1. The van der Waals surface area contributed by atoms with Crippen LogP contribution in [0.25, 0.3) is 0 Å². The molecule has 0 aromatic carbocycles. The van der Waals surface area contributed by atoms with Crippen LogP contribution in [0.3, 0.4) is 0 Å². The summed E-state index contributed by atoms with van der Waals surface area (Å²) in [5, 5.41) is 5.97. The van der Waals surface area contributed by atoms with Crippen LogP contribution >= 0.6 is 0 Å². The van der Waals surface area contributed by atoms with Crippen LogP contribution in [0.1, 0.15) is 122 Å². The lowest BCUT2D eigenvalue weighted by Gasteiger charge is -2.30. The second-order valence-electron chi connectivity index (χ2n) is 19.7. The number of aromatic nitrogens is 2. The van der Waals surface area contributed by atoms with E-state index >= 15 is 0 Å². The molecule has 67 heavy (non-hydrogen) atoms. The summed E-state index contributed by atoms with van der Waals surface area (Å²) in [6, 6.07) is 6.66. The zero-order valence-electron chi connectivity index (χ0n) is 39.9. The molecule has 0 unspecified atom stereocenters. The van der Waals surface area contributed by atoms with Gasteiger partial charge in [-0.2, -0.15) is 26.3 Å². The Morgan fingerprint density at radius 2 is 1.30 bits per heavy atom. The second kappa shape index (κ2) is 25.9. The molecule has 2 atom stereocenters. The number of carbonyl (C=O) groups is 3. The van der Waals surface area contributed by atoms with Crippen molar-refractivity contribution >= 4 is 18.3 Å². The minimum atomic E-state index is -4.36. The number of halogens is 6. The average molecular weight is 960 g/mol. The Bertz CT molecular complexity index is 1840. The van der Waals surface area contributed by atoms with Gasteiger partial charge < -0.3 is 44.0 Å². The van der Waals surface area contributed by atoms with Gasteiger partial charge in [0.05, 0.1) is 18.8 Å². The molecule has 1 aliphatic carbocycles. The van der Waals surface area contributed by atoms with Crippen molar-refractivity contribution in [3.05, 3.63) is 46.8 Å². The normalized spacial score (nSPS) is 21.5. The number of rotatable bonds is 12. The third kappa shape index (κ3) is 23.1. The third-order valence-corrected chi connectivity index (χ3v) is 11.5. The van der Waals surface area contributed by atoms with Crippen LogP contribution < -0.4 is 20.1 Å². The van der Waals surface area contributed by atoms with Crippen LogP contribution in [0.15, 0.2) is 24.3 Å². The highest BCUT2D eigenvalue weighted by Crippen LogP contribution is 2.34. The molecule has 2 aromatic rings. The molecule has 2 aromatic heterocycles. The van der Waals surface area contributed by atoms with Gasteiger partial charge in [-0.15, -0.1) is 0 Å². The number of hydrogen-bond donors (Lipinski definition) is 2. The van der Waals surface area contributed by atoms with Crippen molar-refractivity contribution in [2.45, 2.75) is 161 Å². The summed E-state index contributed by atoms with van der Waals surface area (Å²) in [6.45, 7) is 13.5.